The van der Waals surface area contributed by atoms with Crippen molar-refractivity contribution in [1.82, 2.24) is 4.90 Å². The summed E-state index contributed by atoms with van der Waals surface area (Å²) in [6.45, 7) is 1.84. The number of fused-ring (bicyclic) bond motifs is 1. The van der Waals surface area contributed by atoms with E-state index in [1.54, 1.807) is 4.90 Å². The number of carbonyl (C=O) groups excluding carboxylic acids is 1. The van der Waals surface area contributed by atoms with E-state index < -0.39 is 18.1 Å². The lowest BCUT2D eigenvalue weighted by atomic mass is 9.94. The van der Waals surface area contributed by atoms with Crippen LogP contribution in [0.1, 0.15) is 30.5 Å². The quantitative estimate of drug-likeness (QED) is 0.542. The fourth-order valence-electron chi connectivity index (χ4n) is 4.26. The Balaban J connectivity index is 1.60. The average Bonchev–Trinajstić information content (AvgIpc) is 3.06. The van der Waals surface area contributed by atoms with Crippen LogP contribution in [0.15, 0.2) is 103 Å². The fourth-order valence-corrected chi connectivity index (χ4v) is 4.26. The molecule has 0 N–H and O–H groups in total. The molecule has 3 aromatic rings. The highest BCUT2D eigenvalue weighted by Gasteiger charge is 2.62. The van der Waals surface area contributed by atoms with Gasteiger partial charge >= 0.3 is 12.1 Å². The van der Waals surface area contributed by atoms with E-state index in [1.165, 1.54) is 0 Å². The molecule has 0 saturated carbocycles. The minimum Gasteiger partial charge on any atom is -0.424 e. The number of allylic oxidation sites excluding steroid dienone is 1. The molecule has 0 radical (unpaired) electrons. The smallest absolute Gasteiger partial charge is 0.424 e. The molecule has 2 heterocycles. The Morgan fingerprint density at radius 2 is 1.42 bits per heavy atom. The van der Waals surface area contributed by atoms with E-state index in [9.17, 15) is 4.79 Å². The van der Waals surface area contributed by atoms with E-state index in [-0.39, 0.29) is 6.04 Å². The number of ether oxygens (including phenoxy) is 3. The molecular weight excluding hydrogens is 390 g/mol. The molecule has 0 bridgehead atoms. The van der Waals surface area contributed by atoms with Crippen LogP contribution in [-0.2, 0) is 9.47 Å². The number of carbonyl (C=O) groups is 1. The SMILES string of the molecule is CC1=CCC2N(C(c3ccccc3)c3ccccc3)C(=O)OC2(Oc2ccccc2)O1. The Bertz CT molecular complexity index is 1040. The highest BCUT2D eigenvalue weighted by atomic mass is 16.9. The van der Waals surface area contributed by atoms with E-state index in [0.29, 0.717) is 17.9 Å². The topological polar surface area (TPSA) is 48.0 Å². The van der Waals surface area contributed by atoms with Crippen LogP contribution in [0.2, 0.25) is 0 Å². The number of nitrogens with zero attached hydrogens (tertiary/aromatic N) is 1. The highest BCUT2D eigenvalue weighted by molar-refractivity contribution is 5.73. The Morgan fingerprint density at radius 1 is 0.871 bits per heavy atom. The molecule has 0 spiro atoms. The Morgan fingerprint density at radius 3 is 2.00 bits per heavy atom. The van der Waals surface area contributed by atoms with E-state index in [1.807, 2.05) is 104 Å². The number of para-hydroxylation sites is 1. The van der Waals surface area contributed by atoms with Crippen molar-refractivity contribution in [2.24, 2.45) is 0 Å². The van der Waals surface area contributed by atoms with Crippen molar-refractivity contribution in [2.75, 3.05) is 0 Å². The molecule has 2 aliphatic rings. The zero-order valence-corrected chi connectivity index (χ0v) is 17.2. The summed E-state index contributed by atoms with van der Waals surface area (Å²) < 4.78 is 18.2. The minimum absolute atomic E-state index is 0.337. The molecular formula is C26H23NO4. The molecule has 2 atom stereocenters. The second-order valence-electron chi connectivity index (χ2n) is 7.69. The molecule has 31 heavy (non-hydrogen) atoms. The number of amides is 1. The summed E-state index contributed by atoms with van der Waals surface area (Å²) in [5.41, 5.74) is 1.99. The summed E-state index contributed by atoms with van der Waals surface area (Å²) in [7, 11) is 0. The maximum Gasteiger partial charge on any atom is 0.442 e. The largest absolute Gasteiger partial charge is 0.442 e. The van der Waals surface area contributed by atoms with Gasteiger partial charge in [0.2, 0.25) is 0 Å². The Kier molecular flexibility index (Phi) is 4.86. The Hall–Kier alpha value is -3.73. The van der Waals surface area contributed by atoms with Crippen molar-refractivity contribution >= 4 is 6.09 Å². The van der Waals surface area contributed by atoms with Crippen molar-refractivity contribution < 1.29 is 19.0 Å². The van der Waals surface area contributed by atoms with Gasteiger partial charge in [-0.15, -0.1) is 0 Å². The van der Waals surface area contributed by atoms with Gasteiger partial charge in [-0.1, -0.05) is 78.9 Å². The fraction of sp³-hybridized carbons (Fsp3) is 0.192. The van der Waals surface area contributed by atoms with Crippen molar-refractivity contribution in [3.05, 3.63) is 114 Å². The third kappa shape index (κ3) is 3.52. The minimum atomic E-state index is -1.54. The van der Waals surface area contributed by atoms with Gasteiger partial charge in [-0.25, -0.2) is 4.79 Å². The van der Waals surface area contributed by atoms with Gasteiger partial charge in [0, 0.05) is 6.42 Å². The molecule has 1 amide bonds. The summed E-state index contributed by atoms with van der Waals surface area (Å²) in [6.07, 6.45) is 2.06. The van der Waals surface area contributed by atoms with Crippen LogP contribution >= 0.6 is 0 Å². The van der Waals surface area contributed by atoms with Crippen molar-refractivity contribution in [3.63, 3.8) is 0 Å². The van der Waals surface area contributed by atoms with E-state index in [4.69, 9.17) is 14.2 Å². The standard InChI is InChI=1S/C26H23NO4/c1-19-17-18-23-26(29-19,30-22-15-9-4-10-16-22)31-25(28)27(23)24(20-11-5-2-6-12-20)21-13-7-3-8-14-21/h2-17,23-24H,18H2,1H3. The van der Waals surface area contributed by atoms with Gasteiger partial charge in [0.05, 0.1) is 11.8 Å². The molecule has 156 valence electrons. The molecule has 3 aromatic carbocycles. The second-order valence-corrected chi connectivity index (χ2v) is 7.69. The van der Waals surface area contributed by atoms with Gasteiger partial charge < -0.3 is 14.2 Å². The van der Waals surface area contributed by atoms with Crippen molar-refractivity contribution in [1.29, 1.82) is 0 Å². The molecule has 0 aromatic heterocycles. The lowest BCUT2D eigenvalue weighted by Gasteiger charge is -2.38. The molecule has 5 rings (SSSR count). The predicted molar refractivity (Wildman–Crippen MR) is 116 cm³/mol. The van der Waals surface area contributed by atoms with E-state index in [2.05, 4.69) is 0 Å². The Labute approximate surface area is 181 Å². The molecule has 5 nitrogen and oxygen atoms in total. The van der Waals surface area contributed by atoms with E-state index >= 15 is 0 Å². The van der Waals surface area contributed by atoms with Crippen molar-refractivity contribution in [2.45, 2.75) is 31.4 Å². The molecule has 1 saturated heterocycles. The third-order valence-corrected chi connectivity index (χ3v) is 5.63. The monoisotopic (exact) mass is 413 g/mol. The van der Waals surface area contributed by atoms with Gasteiger partial charge in [0.15, 0.2) is 6.04 Å². The van der Waals surface area contributed by atoms with Crippen LogP contribution in [0.25, 0.3) is 0 Å². The van der Waals surface area contributed by atoms with Gasteiger partial charge in [0.1, 0.15) is 5.75 Å². The van der Waals surface area contributed by atoms with E-state index in [0.717, 1.165) is 11.1 Å². The first-order valence-corrected chi connectivity index (χ1v) is 10.4. The summed E-state index contributed by atoms with van der Waals surface area (Å²) >= 11 is 0. The lowest BCUT2D eigenvalue weighted by Crippen LogP contribution is -2.53. The van der Waals surface area contributed by atoms with Crippen LogP contribution in [0.5, 0.6) is 5.75 Å². The van der Waals surface area contributed by atoms with Crippen LogP contribution in [0, 0.1) is 0 Å². The number of hydrogen-bond acceptors (Lipinski definition) is 4. The summed E-state index contributed by atoms with van der Waals surface area (Å²) in [5, 5.41) is 0. The predicted octanol–water partition coefficient (Wildman–Crippen LogP) is 5.65. The zero-order valence-electron chi connectivity index (χ0n) is 17.2. The number of benzene rings is 3. The van der Waals surface area contributed by atoms with Crippen LogP contribution in [0.4, 0.5) is 4.79 Å². The normalized spacial score (nSPS) is 22.4. The first-order valence-electron chi connectivity index (χ1n) is 10.4. The van der Waals surface area contributed by atoms with Crippen LogP contribution in [0.3, 0.4) is 0 Å². The molecule has 0 aliphatic carbocycles. The van der Waals surface area contributed by atoms with Gasteiger partial charge in [0.25, 0.3) is 0 Å². The summed E-state index contributed by atoms with van der Waals surface area (Å²) in [5.74, 6) is -0.301. The van der Waals surface area contributed by atoms with Crippen LogP contribution < -0.4 is 4.74 Å². The third-order valence-electron chi connectivity index (χ3n) is 5.63. The van der Waals surface area contributed by atoms with Gasteiger partial charge in [-0.05, 0) is 36.3 Å². The summed E-state index contributed by atoms with van der Waals surface area (Å²) in [4.78, 5) is 15.1. The number of hydrogen-bond donors (Lipinski definition) is 0. The summed E-state index contributed by atoms with van der Waals surface area (Å²) in [6, 6.07) is 28.4. The van der Waals surface area contributed by atoms with Crippen molar-refractivity contribution in [3.8, 4) is 5.75 Å². The maximum absolute atomic E-state index is 13.4. The number of rotatable bonds is 5. The van der Waals surface area contributed by atoms with Gasteiger partial charge in [-0.3, -0.25) is 4.90 Å². The zero-order chi connectivity index (χ0) is 21.3. The molecule has 2 unspecified atom stereocenters. The first-order chi connectivity index (χ1) is 15.2. The second kappa shape index (κ2) is 7.84. The lowest BCUT2D eigenvalue weighted by molar-refractivity contribution is -0.299. The van der Waals surface area contributed by atoms with Crippen LogP contribution in [-0.4, -0.2) is 23.0 Å². The highest BCUT2D eigenvalue weighted by Crippen LogP contribution is 2.45. The molecule has 2 aliphatic heterocycles. The molecule has 5 heteroatoms. The van der Waals surface area contributed by atoms with Gasteiger partial charge in [-0.2, -0.15) is 0 Å². The maximum atomic E-state index is 13.4. The average molecular weight is 413 g/mol. The molecule has 1 fully saturated rings. The first kappa shape index (κ1) is 19.2.